The molecule has 0 spiro atoms. The fourth-order valence-electron chi connectivity index (χ4n) is 1.97. The Morgan fingerprint density at radius 2 is 2.20 bits per heavy atom. The van der Waals surface area contributed by atoms with E-state index < -0.39 is 9.84 Å². The van der Waals surface area contributed by atoms with Gasteiger partial charge in [0.1, 0.15) is 9.84 Å². The summed E-state index contributed by atoms with van der Waals surface area (Å²) < 4.78 is 21.9. The van der Waals surface area contributed by atoms with E-state index in [2.05, 4.69) is 6.08 Å². The Labute approximate surface area is 92.7 Å². The molecule has 4 heteroatoms. The van der Waals surface area contributed by atoms with Crippen LogP contribution in [0.4, 0.5) is 0 Å². The van der Waals surface area contributed by atoms with Gasteiger partial charge in [-0.05, 0) is 32.1 Å². The molecule has 0 radical (unpaired) electrons. The van der Waals surface area contributed by atoms with Crippen molar-refractivity contribution >= 4 is 9.84 Å². The molecule has 1 rings (SSSR count). The highest BCUT2D eigenvalue weighted by molar-refractivity contribution is 7.90. The Morgan fingerprint density at radius 3 is 2.87 bits per heavy atom. The van der Waals surface area contributed by atoms with Gasteiger partial charge >= 0.3 is 0 Å². The SMILES string of the molecule is CS(=O)(=O)CCCC1=CC(N)CCCC1. The number of sulfone groups is 1. The Bertz CT molecular complexity index is 319. The number of nitrogens with two attached hydrogens (primary N) is 1. The summed E-state index contributed by atoms with van der Waals surface area (Å²) in [7, 11) is -2.81. The number of allylic oxidation sites excluding steroid dienone is 1. The summed E-state index contributed by atoms with van der Waals surface area (Å²) in [5.41, 5.74) is 7.24. The molecule has 1 aliphatic rings. The van der Waals surface area contributed by atoms with Crippen LogP contribution in [0.15, 0.2) is 11.6 Å². The first-order chi connectivity index (χ1) is 6.97. The lowest BCUT2D eigenvalue weighted by Crippen LogP contribution is -2.15. The van der Waals surface area contributed by atoms with Crippen LogP contribution in [0.1, 0.15) is 38.5 Å². The second-order valence-electron chi connectivity index (χ2n) is 4.47. The number of hydrogen-bond acceptors (Lipinski definition) is 3. The molecular formula is C11H21NO2S. The summed E-state index contributed by atoms with van der Waals surface area (Å²) in [4.78, 5) is 0. The van der Waals surface area contributed by atoms with Gasteiger partial charge in [0.2, 0.25) is 0 Å². The van der Waals surface area contributed by atoms with Gasteiger partial charge in [0.25, 0.3) is 0 Å². The van der Waals surface area contributed by atoms with Crippen LogP contribution in [-0.4, -0.2) is 26.5 Å². The van der Waals surface area contributed by atoms with Crippen molar-refractivity contribution in [3.8, 4) is 0 Å². The van der Waals surface area contributed by atoms with Gasteiger partial charge in [-0.3, -0.25) is 0 Å². The zero-order chi connectivity index (χ0) is 11.3. The maximum atomic E-state index is 11.0. The molecule has 0 saturated carbocycles. The van der Waals surface area contributed by atoms with Gasteiger partial charge in [-0.25, -0.2) is 8.42 Å². The van der Waals surface area contributed by atoms with Gasteiger partial charge in [0, 0.05) is 12.3 Å². The molecule has 0 aromatic rings. The fourth-order valence-corrected chi connectivity index (χ4v) is 2.64. The Balaban J connectivity index is 2.37. The first-order valence-electron chi connectivity index (χ1n) is 5.60. The monoisotopic (exact) mass is 231 g/mol. The van der Waals surface area contributed by atoms with Crippen LogP contribution in [0.25, 0.3) is 0 Å². The van der Waals surface area contributed by atoms with Crippen molar-refractivity contribution in [2.45, 2.75) is 44.6 Å². The predicted molar refractivity (Wildman–Crippen MR) is 63.5 cm³/mol. The third-order valence-corrected chi connectivity index (χ3v) is 3.78. The minimum Gasteiger partial charge on any atom is -0.324 e. The largest absolute Gasteiger partial charge is 0.324 e. The molecule has 0 bridgehead atoms. The first-order valence-corrected chi connectivity index (χ1v) is 7.66. The Kier molecular flexibility index (Phi) is 4.80. The summed E-state index contributed by atoms with van der Waals surface area (Å²) in [6, 6.07) is 0.181. The zero-order valence-electron chi connectivity index (χ0n) is 9.41. The van der Waals surface area contributed by atoms with E-state index in [-0.39, 0.29) is 6.04 Å². The molecule has 0 heterocycles. The van der Waals surface area contributed by atoms with E-state index >= 15 is 0 Å². The highest BCUT2D eigenvalue weighted by atomic mass is 32.2. The van der Waals surface area contributed by atoms with E-state index in [1.165, 1.54) is 24.7 Å². The average molecular weight is 231 g/mol. The fraction of sp³-hybridized carbons (Fsp3) is 0.818. The van der Waals surface area contributed by atoms with Crippen molar-refractivity contribution < 1.29 is 8.42 Å². The third-order valence-electron chi connectivity index (χ3n) is 2.75. The van der Waals surface area contributed by atoms with Gasteiger partial charge in [0.05, 0.1) is 5.75 Å². The minimum atomic E-state index is -2.81. The lowest BCUT2D eigenvalue weighted by Gasteiger charge is -2.06. The molecule has 1 aliphatic carbocycles. The third kappa shape index (κ3) is 5.95. The van der Waals surface area contributed by atoms with Crippen molar-refractivity contribution in [1.82, 2.24) is 0 Å². The first kappa shape index (κ1) is 12.7. The van der Waals surface area contributed by atoms with E-state index in [0.29, 0.717) is 5.75 Å². The summed E-state index contributed by atoms with van der Waals surface area (Å²) >= 11 is 0. The zero-order valence-corrected chi connectivity index (χ0v) is 10.2. The Hall–Kier alpha value is -0.350. The second-order valence-corrected chi connectivity index (χ2v) is 6.73. The molecule has 0 aromatic carbocycles. The van der Waals surface area contributed by atoms with Crippen molar-refractivity contribution in [2.24, 2.45) is 5.73 Å². The predicted octanol–water partition coefficient (Wildman–Crippen LogP) is 1.64. The van der Waals surface area contributed by atoms with Crippen molar-refractivity contribution in [3.05, 3.63) is 11.6 Å². The lowest BCUT2D eigenvalue weighted by molar-refractivity contribution is 0.598. The average Bonchev–Trinajstić information content (AvgIpc) is 2.27. The van der Waals surface area contributed by atoms with Crippen LogP contribution < -0.4 is 5.73 Å². The summed E-state index contributed by atoms with van der Waals surface area (Å²) in [6.07, 6.45) is 9.59. The minimum absolute atomic E-state index is 0.181. The standard InChI is InChI=1S/C11H21NO2S/c1-15(13,14)8-4-6-10-5-2-3-7-11(12)9-10/h9,11H,2-8,12H2,1H3. The quantitative estimate of drug-likeness (QED) is 0.748. The number of rotatable bonds is 4. The molecule has 0 amide bonds. The van der Waals surface area contributed by atoms with E-state index in [9.17, 15) is 8.42 Å². The molecule has 0 fully saturated rings. The summed E-state index contributed by atoms with van der Waals surface area (Å²) in [6.45, 7) is 0. The van der Waals surface area contributed by atoms with Crippen molar-refractivity contribution in [1.29, 1.82) is 0 Å². The van der Waals surface area contributed by atoms with Gasteiger partial charge in [-0.15, -0.1) is 0 Å². The number of hydrogen-bond donors (Lipinski definition) is 1. The van der Waals surface area contributed by atoms with Gasteiger partial charge in [-0.1, -0.05) is 18.1 Å². The summed E-state index contributed by atoms with van der Waals surface area (Å²) in [5, 5.41) is 0. The summed E-state index contributed by atoms with van der Waals surface area (Å²) in [5.74, 6) is 0.291. The normalized spacial score (nSPS) is 23.3. The molecule has 88 valence electrons. The van der Waals surface area contributed by atoms with Crippen LogP contribution in [0, 0.1) is 0 Å². The molecule has 0 saturated heterocycles. The van der Waals surface area contributed by atoms with Crippen molar-refractivity contribution in [2.75, 3.05) is 12.0 Å². The van der Waals surface area contributed by atoms with E-state index in [4.69, 9.17) is 5.73 Å². The second kappa shape index (κ2) is 5.66. The van der Waals surface area contributed by atoms with Crippen LogP contribution in [-0.2, 0) is 9.84 Å². The maximum absolute atomic E-state index is 11.0. The van der Waals surface area contributed by atoms with Crippen LogP contribution in [0.5, 0.6) is 0 Å². The topological polar surface area (TPSA) is 60.2 Å². The van der Waals surface area contributed by atoms with Gasteiger partial charge in [0.15, 0.2) is 0 Å². The van der Waals surface area contributed by atoms with Crippen LogP contribution >= 0.6 is 0 Å². The maximum Gasteiger partial charge on any atom is 0.147 e. The van der Waals surface area contributed by atoms with E-state index in [1.807, 2.05) is 0 Å². The van der Waals surface area contributed by atoms with E-state index in [0.717, 1.165) is 25.7 Å². The molecular weight excluding hydrogens is 210 g/mol. The van der Waals surface area contributed by atoms with Crippen LogP contribution in [0.2, 0.25) is 0 Å². The van der Waals surface area contributed by atoms with Gasteiger partial charge in [-0.2, -0.15) is 0 Å². The molecule has 1 atom stereocenters. The molecule has 15 heavy (non-hydrogen) atoms. The highest BCUT2D eigenvalue weighted by Gasteiger charge is 2.09. The van der Waals surface area contributed by atoms with Crippen molar-refractivity contribution in [3.63, 3.8) is 0 Å². The lowest BCUT2D eigenvalue weighted by atomic mass is 10.1. The van der Waals surface area contributed by atoms with E-state index in [1.54, 1.807) is 0 Å². The molecule has 3 nitrogen and oxygen atoms in total. The smallest absolute Gasteiger partial charge is 0.147 e. The Morgan fingerprint density at radius 1 is 1.47 bits per heavy atom. The van der Waals surface area contributed by atoms with Gasteiger partial charge < -0.3 is 5.73 Å². The molecule has 0 aromatic heterocycles. The molecule has 1 unspecified atom stereocenters. The molecule has 2 N–H and O–H groups in total. The van der Waals surface area contributed by atoms with Crippen LogP contribution in [0.3, 0.4) is 0 Å². The molecule has 0 aliphatic heterocycles. The highest BCUT2D eigenvalue weighted by Crippen LogP contribution is 2.20.